The standard InChI is InChI=1S/C23H25N5O/c1-29-18-6-7-20-19(13-18)25-15-28(20)22-8-5-17-3-2-4-21(23(17)26-22)27-11-9-16(14-24)10-12-27/h2-8,13,15-16H,9-12,14,24H2,1H3. The van der Waals surface area contributed by atoms with E-state index in [9.17, 15) is 0 Å². The second-order valence-corrected chi connectivity index (χ2v) is 7.65. The Hall–Kier alpha value is -3.12. The van der Waals surface area contributed by atoms with Crippen LogP contribution in [0.5, 0.6) is 5.75 Å². The Labute approximate surface area is 169 Å². The van der Waals surface area contributed by atoms with E-state index in [1.165, 1.54) is 5.69 Å². The number of nitrogens with zero attached hydrogens (tertiary/aromatic N) is 4. The molecule has 2 aromatic carbocycles. The van der Waals surface area contributed by atoms with Gasteiger partial charge in [0.1, 0.15) is 17.9 Å². The summed E-state index contributed by atoms with van der Waals surface area (Å²) in [7, 11) is 1.67. The smallest absolute Gasteiger partial charge is 0.139 e. The van der Waals surface area contributed by atoms with Crippen LogP contribution in [0, 0.1) is 5.92 Å². The topological polar surface area (TPSA) is 69.2 Å². The maximum atomic E-state index is 5.87. The SMILES string of the molecule is COc1ccc2c(c1)ncn2-c1ccc2cccc(N3CCC(CN)CC3)c2n1. The molecule has 1 saturated heterocycles. The lowest BCUT2D eigenvalue weighted by atomic mass is 9.96. The molecular weight excluding hydrogens is 362 g/mol. The van der Waals surface area contributed by atoms with E-state index in [4.69, 9.17) is 15.5 Å². The number of para-hydroxylation sites is 1. The maximum Gasteiger partial charge on any atom is 0.139 e. The van der Waals surface area contributed by atoms with Crippen molar-refractivity contribution >= 4 is 27.6 Å². The highest BCUT2D eigenvalue weighted by molar-refractivity contribution is 5.92. The summed E-state index contributed by atoms with van der Waals surface area (Å²) in [5, 5.41) is 1.15. The van der Waals surface area contributed by atoms with Crippen molar-refractivity contribution in [1.29, 1.82) is 0 Å². The minimum absolute atomic E-state index is 0.638. The maximum absolute atomic E-state index is 5.87. The second kappa shape index (κ2) is 7.37. The summed E-state index contributed by atoms with van der Waals surface area (Å²) in [5.41, 5.74) is 10.0. The third-order valence-corrected chi connectivity index (χ3v) is 5.97. The van der Waals surface area contributed by atoms with Gasteiger partial charge >= 0.3 is 0 Å². The molecule has 0 unspecified atom stereocenters. The molecule has 2 aromatic heterocycles. The van der Waals surface area contributed by atoms with E-state index in [1.54, 1.807) is 7.11 Å². The molecule has 4 aromatic rings. The molecule has 0 saturated carbocycles. The molecule has 0 spiro atoms. The van der Waals surface area contributed by atoms with Gasteiger partial charge in [-0.25, -0.2) is 9.97 Å². The van der Waals surface area contributed by atoms with Crippen LogP contribution in [0.3, 0.4) is 0 Å². The minimum Gasteiger partial charge on any atom is -0.497 e. The molecule has 1 aliphatic rings. The molecule has 0 radical (unpaired) electrons. The van der Waals surface area contributed by atoms with Crippen LogP contribution in [0.25, 0.3) is 27.8 Å². The van der Waals surface area contributed by atoms with E-state index in [2.05, 4.69) is 40.2 Å². The van der Waals surface area contributed by atoms with Crippen molar-refractivity contribution in [3.05, 3.63) is 54.9 Å². The number of hydrogen-bond acceptors (Lipinski definition) is 5. The highest BCUT2D eigenvalue weighted by Gasteiger charge is 2.20. The molecular formula is C23H25N5O. The van der Waals surface area contributed by atoms with Gasteiger partial charge in [0.2, 0.25) is 0 Å². The van der Waals surface area contributed by atoms with Gasteiger partial charge < -0.3 is 15.4 Å². The molecule has 6 heteroatoms. The van der Waals surface area contributed by atoms with Gasteiger partial charge in [0, 0.05) is 24.5 Å². The Morgan fingerprint density at radius 1 is 1.10 bits per heavy atom. The summed E-state index contributed by atoms with van der Waals surface area (Å²) in [6.45, 7) is 2.84. The molecule has 29 heavy (non-hydrogen) atoms. The summed E-state index contributed by atoms with van der Waals surface area (Å²) in [4.78, 5) is 12.0. The van der Waals surface area contributed by atoms with Crippen molar-refractivity contribution in [3.63, 3.8) is 0 Å². The molecule has 3 heterocycles. The minimum atomic E-state index is 0.638. The van der Waals surface area contributed by atoms with Crippen LogP contribution in [0.15, 0.2) is 54.9 Å². The van der Waals surface area contributed by atoms with Crippen molar-refractivity contribution < 1.29 is 4.74 Å². The van der Waals surface area contributed by atoms with E-state index in [1.807, 2.05) is 29.1 Å². The molecule has 6 nitrogen and oxygen atoms in total. The Morgan fingerprint density at radius 3 is 2.76 bits per heavy atom. The molecule has 0 aliphatic carbocycles. The van der Waals surface area contributed by atoms with Crippen LogP contribution < -0.4 is 15.4 Å². The van der Waals surface area contributed by atoms with Crippen LogP contribution in [-0.2, 0) is 0 Å². The number of piperidine rings is 1. The molecule has 2 N–H and O–H groups in total. The first kappa shape index (κ1) is 17.9. The quantitative estimate of drug-likeness (QED) is 0.577. The van der Waals surface area contributed by atoms with Crippen molar-refractivity contribution in [2.75, 3.05) is 31.6 Å². The van der Waals surface area contributed by atoms with Crippen molar-refractivity contribution in [3.8, 4) is 11.6 Å². The third-order valence-electron chi connectivity index (χ3n) is 5.97. The Bertz CT molecular complexity index is 1160. The first-order chi connectivity index (χ1) is 14.3. The first-order valence-electron chi connectivity index (χ1n) is 10.1. The van der Waals surface area contributed by atoms with Crippen LogP contribution in [0.4, 0.5) is 5.69 Å². The van der Waals surface area contributed by atoms with Crippen LogP contribution in [-0.4, -0.2) is 41.3 Å². The number of rotatable bonds is 4. The van der Waals surface area contributed by atoms with E-state index in [0.29, 0.717) is 5.92 Å². The zero-order chi connectivity index (χ0) is 19.8. The van der Waals surface area contributed by atoms with Gasteiger partial charge in [-0.3, -0.25) is 4.57 Å². The predicted molar refractivity (Wildman–Crippen MR) is 117 cm³/mol. The summed E-state index contributed by atoms with van der Waals surface area (Å²) < 4.78 is 7.35. The van der Waals surface area contributed by atoms with Gasteiger partial charge in [-0.1, -0.05) is 12.1 Å². The number of methoxy groups -OCH3 is 1. The zero-order valence-electron chi connectivity index (χ0n) is 16.6. The van der Waals surface area contributed by atoms with Gasteiger partial charge in [0.25, 0.3) is 0 Å². The second-order valence-electron chi connectivity index (χ2n) is 7.65. The van der Waals surface area contributed by atoms with E-state index >= 15 is 0 Å². The number of hydrogen-bond donors (Lipinski definition) is 1. The van der Waals surface area contributed by atoms with Crippen LogP contribution in [0.1, 0.15) is 12.8 Å². The number of anilines is 1. The molecule has 0 atom stereocenters. The lowest BCUT2D eigenvalue weighted by Crippen LogP contribution is -2.36. The number of pyridine rings is 1. The first-order valence-corrected chi connectivity index (χ1v) is 10.1. The molecule has 148 valence electrons. The fourth-order valence-corrected chi connectivity index (χ4v) is 4.22. The monoisotopic (exact) mass is 387 g/mol. The van der Waals surface area contributed by atoms with Crippen molar-refractivity contribution in [2.45, 2.75) is 12.8 Å². The highest BCUT2D eigenvalue weighted by Crippen LogP contribution is 2.30. The Kier molecular flexibility index (Phi) is 4.56. The molecule has 0 amide bonds. The molecule has 1 fully saturated rings. The molecule has 1 aliphatic heterocycles. The lowest BCUT2D eigenvalue weighted by molar-refractivity contribution is 0.415. The normalized spacial score (nSPS) is 15.3. The lowest BCUT2D eigenvalue weighted by Gasteiger charge is -2.33. The predicted octanol–water partition coefficient (Wildman–Crippen LogP) is 3.76. The van der Waals surface area contributed by atoms with Gasteiger partial charge in [-0.05, 0) is 55.6 Å². The number of nitrogens with two attached hydrogens (primary N) is 1. The molecule has 5 rings (SSSR count). The fraction of sp³-hybridized carbons (Fsp3) is 0.304. The van der Waals surface area contributed by atoms with Crippen LogP contribution >= 0.6 is 0 Å². The average molecular weight is 387 g/mol. The van der Waals surface area contributed by atoms with Crippen molar-refractivity contribution in [1.82, 2.24) is 14.5 Å². The average Bonchev–Trinajstić information content (AvgIpc) is 3.21. The van der Waals surface area contributed by atoms with E-state index < -0.39 is 0 Å². The zero-order valence-corrected chi connectivity index (χ0v) is 16.6. The molecule has 0 bridgehead atoms. The van der Waals surface area contributed by atoms with Crippen molar-refractivity contribution in [2.24, 2.45) is 11.7 Å². The number of aromatic nitrogens is 3. The summed E-state index contributed by atoms with van der Waals surface area (Å²) in [6.07, 6.45) is 4.11. The van der Waals surface area contributed by atoms with Crippen LogP contribution in [0.2, 0.25) is 0 Å². The fourth-order valence-electron chi connectivity index (χ4n) is 4.22. The Morgan fingerprint density at radius 2 is 1.97 bits per heavy atom. The van der Waals surface area contributed by atoms with Gasteiger partial charge in [-0.2, -0.15) is 0 Å². The summed E-state index contributed by atoms with van der Waals surface area (Å²) in [5.74, 6) is 2.31. The van der Waals surface area contributed by atoms with E-state index in [0.717, 1.165) is 66.0 Å². The van der Waals surface area contributed by atoms with E-state index in [-0.39, 0.29) is 0 Å². The van der Waals surface area contributed by atoms with Gasteiger partial charge in [-0.15, -0.1) is 0 Å². The highest BCUT2D eigenvalue weighted by atomic mass is 16.5. The van der Waals surface area contributed by atoms with Gasteiger partial charge in [0.15, 0.2) is 0 Å². The summed E-state index contributed by atoms with van der Waals surface area (Å²) in [6, 6.07) is 16.5. The number of imidazole rings is 1. The third kappa shape index (κ3) is 3.19. The Balaban J connectivity index is 1.57. The number of benzene rings is 2. The number of fused-ring (bicyclic) bond motifs is 2. The van der Waals surface area contributed by atoms with Gasteiger partial charge in [0.05, 0.1) is 29.3 Å². The largest absolute Gasteiger partial charge is 0.497 e. The number of ether oxygens (including phenoxy) is 1. The summed E-state index contributed by atoms with van der Waals surface area (Å²) >= 11 is 0.